The van der Waals surface area contributed by atoms with E-state index in [4.69, 9.17) is 14.6 Å². The molecule has 0 radical (unpaired) electrons. The van der Waals surface area contributed by atoms with Gasteiger partial charge in [0.2, 0.25) is 0 Å². The highest BCUT2D eigenvalue weighted by Crippen LogP contribution is 2.18. The van der Waals surface area contributed by atoms with Crippen molar-refractivity contribution < 1.29 is 24.2 Å². The number of ketones is 1. The van der Waals surface area contributed by atoms with Crippen LogP contribution in [0.2, 0.25) is 0 Å². The molecule has 2 rings (SSSR count). The van der Waals surface area contributed by atoms with E-state index in [1.807, 2.05) is 0 Å². The van der Waals surface area contributed by atoms with Crippen molar-refractivity contribution >= 4 is 11.8 Å². The molecule has 0 saturated carbocycles. The summed E-state index contributed by atoms with van der Waals surface area (Å²) in [6.07, 6.45) is 0. The fraction of sp³-hybridized carbons (Fsp3) is 0.176. The van der Waals surface area contributed by atoms with E-state index in [0.29, 0.717) is 16.9 Å². The summed E-state index contributed by atoms with van der Waals surface area (Å²) in [4.78, 5) is 23.2. The quantitative estimate of drug-likeness (QED) is 0.504. The van der Waals surface area contributed by atoms with Gasteiger partial charge in [-0.1, -0.05) is 12.1 Å². The molecule has 114 valence electrons. The SMILES string of the molecule is CC(=O)c1ccccc1OCCOC(=O)c1ccc(O)cc1. The number of rotatable bonds is 6. The first-order valence-electron chi connectivity index (χ1n) is 6.77. The molecule has 0 amide bonds. The lowest BCUT2D eigenvalue weighted by atomic mass is 10.1. The lowest BCUT2D eigenvalue weighted by Crippen LogP contribution is -2.13. The van der Waals surface area contributed by atoms with E-state index in [-0.39, 0.29) is 24.7 Å². The Morgan fingerprint density at radius 1 is 1.00 bits per heavy atom. The normalized spacial score (nSPS) is 10.0. The second-order valence-electron chi connectivity index (χ2n) is 4.58. The van der Waals surface area contributed by atoms with Gasteiger partial charge in [0.25, 0.3) is 0 Å². The number of esters is 1. The second kappa shape index (κ2) is 7.26. The Morgan fingerprint density at radius 3 is 2.36 bits per heavy atom. The number of benzene rings is 2. The van der Waals surface area contributed by atoms with E-state index >= 15 is 0 Å². The zero-order chi connectivity index (χ0) is 15.9. The number of phenols is 1. The summed E-state index contributed by atoms with van der Waals surface area (Å²) >= 11 is 0. The Balaban J connectivity index is 1.83. The highest BCUT2D eigenvalue weighted by atomic mass is 16.6. The summed E-state index contributed by atoms with van der Waals surface area (Å²) in [7, 11) is 0. The number of hydrogen-bond donors (Lipinski definition) is 1. The molecular formula is C17H16O5. The summed E-state index contributed by atoms with van der Waals surface area (Å²) in [5.41, 5.74) is 0.842. The molecule has 5 heteroatoms. The summed E-state index contributed by atoms with van der Waals surface area (Å²) < 4.78 is 10.5. The van der Waals surface area contributed by atoms with E-state index in [1.54, 1.807) is 24.3 Å². The van der Waals surface area contributed by atoms with Crippen LogP contribution in [0.4, 0.5) is 0 Å². The lowest BCUT2D eigenvalue weighted by Gasteiger charge is -2.10. The van der Waals surface area contributed by atoms with E-state index in [1.165, 1.54) is 31.2 Å². The minimum Gasteiger partial charge on any atom is -0.508 e. The third-order valence-corrected chi connectivity index (χ3v) is 2.94. The maximum Gasteiger partial charge on any atom is 0.338 e. The number of ether oxygens (including phenoxy) is 2. The number of para-hydroxylation sites is 1. The number of phenolic OH excluding ortho intramolecular Hbond substituents is 1. The fourth-order valence-electron chi connectivity index (χ4n) is 1.85. The van der Waals surface area contributed by atoms with Crippen LogP contribution in [0.15, 0.2) is 48.5 Å². The molecule has 0 aliphatic carbocycles. The molecule has 0 spiro atoms. The van der Waals surface area contributed by atoms with Crippen LogP contribution in [0, 0.1) is 0 Å². The smallest absolute Gasteiger partial charge is 0.338 e. The van der Waals surface area contributed by atoms with Crippen LogP contribution < -0.4 is 4.74 Å². The van der Waals surface area contributed by atoms with Crippen molar-refractivity contribution in [1.82, 2.24) is 0 Å². The highest BCUT2D eigenvalue weighted by molar-refractivity contribution is 5.96. The Kier molecular flexibility index (Phi) is 5.14. The van der Waals surface area contributed by atoms with Crippen LogP contribution in [0.3, 0.4) is 0 Å². The molecule has 0 saturated heterocycles. The van der Waals surface area contributed by atoms with Crippen molar-refractivity contribution in [2.75, 3.05) is 13.2 Å². The minimum absolute atomic E-state index is 0.0615. The molecule has 22 heavy (non-hydrogen) atoms. The van der Waals surface area contributed by atoms with Gasteiger partial charge in [-0.05, 0) is 43.3 Å². The third-order valence-electron chi connectivity index (χ3n) is 2.94. The molecule has 1 N–H and O–H groups in total. The zero-order valence-corrected chi connectivity index (χ0v) is 12.1. The van der Waals surface area contributed by atoms with Crippen LogP contribution in [0.5, 0.6) is 11.5 Å². The van der Waals surface area contributed by atoms with E-state index in [0.717, 1.165) is 0 Å². The number of hydrogen-bond acceptors (Lipinski definition) is 5. The lowest BCUT2D eigenvalue weighted by molar-refractivity contribution is 0.0449. The molecule has 0 aliphatic rings. The second-order valence-corrected chi connectivity index (χ2v) is 4.58. The van der Waals surface area contributed by atoms with E-state index < -0.39 is 5.97 Å². The van der Waals surface area contributed by atoms with E-state index in [2.05, 4.69) is 0 Å². The Morgan fingerprint density at radius 2 is 1.68 bits per heavy atom. The molecule has 2 aromatic rings. The van der Waals surface area contributed by atoms with Gasteiger partial charge in [-0.2, -0.15) is 0 Å². The molecule has 0 unspecified atom stereocenters. The molecular weight excluding hydrogens is 284 g/mol. The van der Waals surface area contributed by atoms with Gasteiger partial charge >= 0.3 is 5.97 Å². The van der Waals surface area contributed by atoms with Crippen molar-refractivity contribution in [2.45, 2.75) is 6.92 Å². The van der Waals surface area contributed by atoms with Gasteiger partial charge in [0, 0.05) is 0 Å². The summed E-state index contributed by atoms with van der Waals surface area (Å²) in [5.74, 6) is -0.0310. The van der Waals surface area contributed by atoms with Gasteiger partial charge in [0.05, 0.1) is 11.1 Å². The molecule has 5 nitrogen and oxygen atoms in total. The maximum absolute atomic E-state index is 11.7. The predicted octanol–water partition coefficient (Wildman–Crippen LogP) is 2.83. The highest BCUT2D eigenvalue weighted by Gasteiger charge is 2.09. The molecule has 0 fully saturated rings. The Labute approximate surface area is 128 Å². The molecule has 2 aromatic carbocycles. The molecule has 0 heterocycles. The van der Waals surface area contributed by atoms with Crippen LogP contribution in [-0.2, 0) is 4.74 Å². The van der Waals surface area contributed by atoms with Gasteiger partial charge in [-0.15, -0.1) is 0 Å². The van der Waals surface area contributed by atoms with Gasteiger partial charge in [0.1, 0.15) is 24.7 Å². The maximum atomic E-state index is 11.7. The standard InChI is InChI=1S/C17H16O5/c1-12(18)15-4-2-3-5-16(15)21-10-11-22-17(20)13-6-8-14(19)9-7-13/h2-9,19H,10-11H2,1H3. The van der Waals surface area contributed by atoms with Crippen LogP contribution in [0.25, 0.3) is 0 Å². The monoisotopic (exact) mass is 300 g/mol. The van der Waals surface area contributed by atoms with Crippen molar-refractivity contribution in [3.8, 4) is 11.5 Å². The van der Waals surface area contributed by atoms with Crippen molar-refractivity contribution in [2.24, 2.45) is 0 Å². The Bertz CT molecular complexity index is 661. The van der Waals surface area contributed by atoms with Crippen LogP contribution >= 0.6 is 0 Å². The molecule has 0 aliphatic heterocycles. The number of carbonyl (C=O) groups excluding carboxylic acids is 2. The van der Waals surface area contributed by atoms with Crippen molar-refractivity contribution in [3.63, 3.8) is 0 Å². The summed E-state index contributed by atoms with van der Waals surface area (Å²) in [6, 6.07) is 12.7. The zero-order valence-electron chi connectivity index (χ0n) is 12.1. The van der Waals surface area contributed by atoms with Crippen LogP contribution in [0.1, 0.15) is 27.6 Å². The number of Topliss-reactive ketones (excluding diaryl/α,β-unsaturated/α-hetero) is 1. The first-order valence-corrected chi connectivity index (χ1v) is 6.77. The van der Waals surface area contributed by atoms with E-state index in [9.17, 15) is 9.59 Å². The number of aromatic hydroxyl groups is 1. The molecule has 0 bridgehead atoms. The van der Waals surface area contributed by atoms with Gasteiger partial charge in [-0.3, -0.25) is 4.79 Å². The van der Waals surface area contributed by atoms with Crippen molar-refractivity contribution in [1.29, 1.82) is 0 Å². The summed E-state index contributed by atoms with van der Waals surface area (Å²) in [5, 5.41) is 9.15. The molecule has 0 aromatic heterocycles. The van der Waals surface area contributed by atoms with Gasteiger partial charge in [-0.25, -0.2) is 4.79 Å². The molecule has 0 atom stereocenters. The topological polar surface area (TPSA) is 72.8 Å². The first kappa shape index (κ1) is 15.6. The minimum atomic E-state index is -0.497. The third kappa shape index (κ3) is 4.09. The first-order chi connectivity index (χ1) is 10.6. The largest absolute Gasteiger partial charge is 0.508 e. The average molecular weight is 300 g/mol. The van der Waals surface area contributed by atoms with Crippen LogP contribution in [-0.4, -0.2) is 30.1 Å². The average Bonchev–Trinajstić information content (AvgIpc) is 2.52. The van der Waals surface area contributed by atoms with Gasteiger partial charge in [0.15, 0.2) is 5.78 Å². The predicted molar refractivity (Wildman–Crippen MR) is 80.3 cm³/mol. The summed E-state index contributed by atoms with van der Waals surface area (Å²) in [6.45, 7) is 1.67. The fourth-order valence-corrected chi connectivity index (χ4v) is 1.85. The number of carbonyl (C=O) groups is 2. The van der Waals surface area contributed by atoms with Gasteiger partial charge < -0.3 is 14.6 Å². The van der Waals surface area contributed by atoms with Crippen molar-refractivity contribution in [3.05, 3.63) is 59.7 Å². The Hall–Kier alpha value is -2.82.